The molecule has 1 aromatic carbocycles. The lowest BCUT2D eigenvalue weighted by Crippen LogP contribution is -2.06. The molecule has 0 fully saturated rings. The van der Waals surface area contributed by atoms with Gasteiger partial charge < -0.3 is 4.74 Å². The van der Waals surface area contributed by atoms with Gasteiger partial charge in [-0.05, 0) is 55.5 Å². The minimum Gasteiger partial charge on any atom is -0.465 e. The Bertz CT molecular complexity index is 619. The Morgan fingerprint density at radius 3 is 2.89 bits per heavy atom. The van der Waals surface area contributed by atoms with Crippen LogP contribution < -0.4 is 0 Å². The predicted molar refractivity (Wildman–Crippen MR) is 69.7 cm³/mol. The number of carbonyl (C=O) groups excluding carboxylic acids is 1. The van der Waals surface area contributed by atoms with Gasteiger partial charge in [0.25, 0.3) is 0 Å². The molecule has 0 unspecified atom stereocenters. The van der Waals surface area contributed by atoms with Crippen LogP contribution in [0.2, 0.25) is 0 Å². The normalized spacial score (nSPS) is 14.3. The zero-order chi connectivity index (χ0) is 12.5. The van der Waals surface area contributed by atoms with E-state index in [1.54, 1.807) is 6.07 Å². The molecule has 1 heterocycles. The van der Waals surface area contributed by atoms with Crippen molar-refractivity contribution in [2.24, 2.45) is 0 Å². The first kappa shape index (κ1) is 11.2. The molecule has 0 saturated carbocycles. The molecule has 0 radical (unpaired) electrons. The van der Waals surface area contributed by atoms with E-state index in [0.717, 1.165) is 23.7 Å². The van der Waals surface area contributed by atoms with Crippen LogP contribution >= 0.6 is 0 Å². The number of hydrogen-bond donors (Lipinski definition) is 0. The first-order valence-corrected chi connectivity index (χ1v) is 6.29. The van der Waals surface area contributed by atoms with Crippen molar-refractivity contribution in [2.45, 2.75) is 25.7 Å². The van der Waals surface area contributed by atoms with Crippen LogP contribution in [0.3, 0.4) is 0 Å². The molecule has 0 amide bonds. The second-order valence-electron chi connectivity index (χ2n) is 4.70. The van der Waals surface area contributed by atoms with Crippen LogP contribution in [0.1, 0.15) is 34.5 Å². The first-order chi connectivity index (χ1) is 8.78. The Balaban J connectivity index is 2.13. The lowest BCUT2D eigenvalue weighted by atomic mass is 9.94. The molecular weight excluding hydrogens is 226 g/mol. The van der Waals surface area contributed by atoms with Crippen molar-refractivity contribution in [3.05, 3.63) is 41.1 Å². The van der Waals surface area contributed by atoms with Crippen molar-refractivity contribution in [3.8, 4) is 0 Å². The summed E-state index contributed by atoms with van der Waals surface area (Å²) in [5.41, 5.74) is 4.10. The van der Waals surface area contributed by atoms with Crippen molar-refractivity contribution in [1.82, 2.24) is 4.98 Å². The number of benzene rings is 1. The van der Waals surface area contributed by atoms with Crippen LogP contribution in [0.15, 0.2) is 24.3 Å². The van der Waals surface area contributed by atoms with Gasteiger partial charge in [-0.1, -0.05) is 0 Å². The number of aryl methyl sites for hydroxylation is 2. The highest BCUT2D eigenvalue weighted by Gasteiger charge is 2.13. The van der Waals surface area contributed by atoms with E-state index in [2.05, 4.69) is 11.1 Å². The molecule has 0 spiro atoms. The summed E-state index contributed by atoms with van der Waals surface area (Å²) < 4.78 is 4.74. The van der Waals surface area contributed by atoms with Crippen LogP contribution in [0.25, 0.3) is 10.9 Å². The largest absolute Gasteiger partial charge is 0.465 e. The Kier molecular flexibility index (Phi) is 2.74. The molecule has 0 aliphatic heterocycles. The molecule has 0 bridgehead atoms. The average molecular weight is 241 g/mol. The van der Waals surface area contributed by atoms with E-state index in [1.807, 2.05) is 12.1 Å². The smallest absolute Gasteiger partial charge is 0.337 e. The summed E-state index contributed by atoms with van der Waals surface area (Å²) in [5, 5.41) is 1.03. The zero-order valence-electron chi connectivity index (χ0n) is 10.4. The van der Waals surface area contributed by atoms with Gasteiger partial charge in [-0.2, -0.15) is 0 Å². The van der Waals surface area contributed by atoms with Gasteiger partial charge in [0.2, 0.25) is 0 Å². The van der Waals surface area contributed by atoms with Crippen LogP contribution in [0.5, 0.6) is 0 Å². The van der Waals surface area contributed by atoms with Gasteiger partial charge in [0.05, 0.1) is 18.2 Å². The molecule has 1 aliphatic rings. The maximum atomic E-state index is 11.5. The Morgan fingerprint density at radius 1 is 1.22 bits per heavy atom. The Morgan fingerprint density at radius 2 is 2.06 bits per heavy atom. The third-order valence-corrected chi connectivity index (χ3v) is 3.51. The van der Waals surface area contributed by atoms with E-state index < -0.39 is 0 Å². The molecule has 3 heteroatoms. The molecule has 0 N–H and O–H groups in total. The summed E-state index contributed by atoms with van der Waals surface area (Å²) in [6, 6.07) is 7.71. The fraction of sp³-hybridized carbons (Fsp3) is 0.333. The lowest BCUT2D eigenvalue weighted by molar-refractivity contribution is 0.0601. The topological polar surface area (TPSA) is 39.2 Å². The molecule has 1 aliphatic carbocycles. The van der Waals surface area contributed by atoms with E-state index in [4.69, 9.17) is 4.74 Å². The maximum absolute atomic E-state index is 11.5. The van der Waals surface area contributed by atoms with Crippen LogP contribution in [0.4, 0.5) is 0 Å². The molecule has 2 aromatic rings. The number of fused-ring (bicyclic) bond motifs is 2. The molecular formula is C15H15NO2. The van der Waals surface area contributed by atoms with Gasteiger partial charge in [-0.3, -0.25) is 4.98 Å². The van der Waals surface area contributed by atoms with Gasteiger partial charge in [0.15, 0.2) is 0 Å². The monoisotopic (exact) mass is 241 g/mol. The highest BCUT2D eigenvalue weighted by Crippen LogP contribution is 2.24. The second-order valence-corrected chi connectivity index (χ2v) is 4.70. The number of aromatic nitrogens is 1. The molecule has 3 rings (SSSR count). The van der Waals surface area contributed by atoms with Gasteiger partial charge in [-0.25, -0.2) is 4.79 Å². The third kappa shape index (κ3) is 1.86. The van der Waals surface area contributed by atoms with Crippen molar-refractivity contribution in [3.63, 3.8) is 0 Å². The van der Waals surface area contributed by atoms with E-state index in [-0.39, 0.29) is 5.97 Å². The highest BCUT2D eigenvalue weighted by molar-refractivity contribution is 5.94. The number of ether oxygens (including phenoxy) is 1. The second kappa shape index (κ2) is 4.41. The summed E-state index contributed by atoms with van der Waals surface area (Å²) in [6.07, 6.45) is 4.63. The number of methoxy groups -OCH3 is 1. The quantitative estimate of drug-likeness (QED) is 0.721. The summed E-state index contributed by atoms with van der Waals surface area (Å²) in [7, 11) is 1.40. The van der Waals surface area contributed by atoms with Gasteiger partial charge in [-0.15, -0.1) is 0 Å². The molecule has 1 aromatic heterocycles. The van der Waals surface area contributed by atoms with Crippen LogP contribution in [0, 0.1) is 0 Å². The van der Waals surface area contributed by atoms with Crippen LogP contribution in [-0.4, -0.2) is 18.1 Å². The zero-order valence-corrected chi connectivity index (χ0v) is 10.4. The summed E-state index contributed by atoms with van der Waals surface area (Å²) in [5.74, 6) is -0.297. The van der Waals surface area contributed by atoms with E-state index >= 15 is 0 Å². The van der Waals surface area contributed by atoms with E-state index in [9.17, 15) is 4.79 Å². The highest BCUT2D eigenvalue weighted by atomic mass is 16.5. The predicted octanol–water partition coefficient (Wildman–Crippen LogP) is 2.90. The number of carbonyl (C=O) groups is 1. The standard InChI is InChI=1S/C15H15NO2/c1-18-15(17)11-6-7-14-12(9-11)8-10-4-2-3-5-13(10)16-14/h6-9H,2-5H2,1H3. The van der Waals surface area contributed by atoms with E-state index in [1.165, 1.54) is 31.2 Å². The van der Waals surface area contributed by atoms with Crippen LogP contribution in [-0.2, 0) is 17.6 Å². The average Bonchev–Trinajstić information content (AvgIpc) is 2.43. The van der Waals surface area contributed by atoms with E-state index in [0.29, 0.717) is 5.56 Å². The number of nitrogens with zero attached hydrogens (tertiary/aromatic N) is 1. The summed E-state index contributed by atoms with van der Waals surface area (Å²) >= 11 is 0. The van der Waals surface area contributed by atoms with Gasteiger partial charge in [0, 0.05) is 11.1 Å². The van der Waals surface area contributed by atoms with Gasteiger partial charge >= 0.3 is 5.97 Å². The maximum Gasteiger partial charge on any atom is 0.337 e. The van der Waals surface area contributed by atoms with Crippen molar-refractivity contribution in [1.29, 1.82) is 0 Å². The molecule has 0 atom stereocenters. The first-order valence-electron chi connectivity index (χ1n) is 6.29. The SMILES string of the molecule is COC(=O)c1ccc2nc3c(cc2c1)CCCC3. The number of rotatable bonds is 1. The Hall–Kier alpha value is -1.90. The fourth-order valence-corrected chi connectivity index (χ4v) is 2.55. The molecule has 0 saturated heterocycles. The van der Waals surface area contributed by atoms with Crippen molar-refractivity contribution >= 4 is 16.9 Å². The number of esters is 1. The number of hydrogen-bond acceptors (Lipinski definition) is 3. The Labute approximate surface area is 106 Å². The fourth-order valence-electron chi connectivity index (χ4n) is 2.55. The third-order valence-electron chi connectivity index (χ3n) is 3.51. The minimum atomic E-state index is -0.297. The van der Waals surface area contributed by atoms with Crippen molar-refractivity contribution in [2.75, 3.05) is 7.11 Å². The van der Waals surface area contributed by atoms with Gasteiger partial charge in [0.1, 0.15) is 0 Å². The lowest BCUT2D eigenvalue weighted by Gasteiger charge is -2.15. The molecule has 92 valence electrons. The molecule has 3 nitrogen and oxygen atoms in total. The summed E-state index contributed by atoms with van der Waals surface area (Å²) in [6.45, 7) is 0. The number of pyridine rings is 1. The summed E-state index contributed by atoms with van der Waals surface area (Å²) in [4.78, 5) is 16.2. The van der Waals surface area contributed by atoms with Crippen molar-refractivity contribution < 1.29 is 9.53 Å². The minimum absolute atomic E-state index is 0.297. The molecule has 18 heavy (non-hydrogen) atoms.